The second kappa shape index (κ2) is 12.6. The number of fused-ring (bicyclic) bond motifs is 1. The van der Waals surface area contributed by atoms with Crippen molar-refractivity contribution >= 4 is 40.6 Å². The van der Waals surface area contributed by atoms with Crippen LogP contribution in [0.2, 0.25) is 5.02 Å². The molecule has 5 rings (SSSR count). The summed E-state index contributed by atoms with van der Waals surface area (Å²) in [4.78, 5) is 27.8. The van der Waals surface area contributed by atoms with Crippen LogP contribution in [0.5, 0.6) is 5.75 Å². The van der Waals surface area contributed by atoms with Gasteiger partial charge in [0.25, 0.3) is 5.91 Å². The van der Waals surface area contributed by atoms with Crippen LogP contribution in [-0.4, -0.2) is 35.4 Å². The predicted molar refractivity (Wildman–Crippen MR) is 157 cm³/mol. The minimum absolute atomic E-state index is 0.0925. The Balaban J connectivity index is 1.24. The fourth-order valence-corrected chi connectivity index (χ4v) is 4.60. The van der Waals surface area contributed by atoms with Crippen molar-refractivity contribution in [2.45, 2.75) is 19.6 Å². The number of nitrogens with two attached hydrogens (primary N) is 1. The molecule has 0 spiro atoms. The molecule has 3 aromatic carbocycles. The molecular weight excluding hydrogens is 547 g/mol. The number of aliphatic imine (C=N–C) groups is 1. The fraction of sp³-hybridized carbons (Fsp3) is 0.167. The van der Waals surface area contributed by atoms with Gasteiger partial charge in [-0.1, -0.05) is 35.9 Å². The van der Waals surface area contributed by atoms with E-state index in [1.54, 1.807) is 36.4 Å². The minimum atomic E-state index is -0.464. The van der Waals surface area contributed by atoms with Crippen molar-refractivity contribution in [3.63, 3.8) is 0 Å². The summed E-state index contributed by atoms with van der Waals surface area (Å²) in [5, 5.41) is 9.74. The van der Waals surface area contributed by atoms with Crippen molar-refractivity contribution in [2.75, 3.05) is 23.8 Å². The van der Waals surface area contributed by atoms with E-state index in [0.717, 1.165) is 22.6 Å². The van der Waals surface area contributed by atoms with E-state index in [1.165, 1.54) is 12.1 Å². The number of rotatable bonds is 10. The van der Waals surface area contributed by atoms with Gasteiger partial charge in [-0.05, 0) is 59.7 Å². The third-order valence-corrected chi connectivity index (χ3v) is 6.69. The zero-order valence-electron chi connectivity index (χ0n) is 22.0. The normalized spacial score (nSPS) is 12.1. The van der Waals surface area contributed by atoms with Crippen molar-refractivity contribution < 1.29 is 18.7 Å². The number of halogens is 2. The highest BCUT2D eigenvalue weighted by Gasteiger charge is 2.20. The minimum Gasteiger partial charge on any atom is -0.487 e. The summed E-state index contributed by atoms with van der Waals surface area (Å²) >= 11 is 6.49. The average molecular weight is 575 g/mol. The zero-order valence-corrected chi connectivity index (χ0v) is 22.7. The molecular formula is C30H28ClFN6O3. The number of carbonyl (C=O) groups is 2. The highest BCUT2D eigenvalue weighted by atomic mass is 35.5. The van der Waals surface area contributed by atoms with Gasteiger partial charge < -0.3 is 31.0 Å². The molecule has 0 bridgehead atoms. The molecule has 210 valence electrons. The zero-order chi connectivity index (χ0) is 28.8. The van der Waals surface area contributed by atoms with Gasteiger partial charge in [0.15, 0.2) is 5.84 Å². The van der Waals surface area contributed by atoms with Gasteiger partial charge in [0.05, 0.1) is 10.7 Å². The van der Waals surface area contributed by atoms with Gasteiger partial charge in [0, 0.05) is 37.0 Å². The van der Waals surface area contributed by atoms with E-state index < -0.39 is 5.91 Å². The molecule has 0 atom stereocenters. The quantitative estimate of drug-likeness (QED) is 0.218. The first-order chi connectivity index (χ1) is 19.9. The van der Waals surface area contributed by atoms with Crippen LogP contribution in [0.1, 0.15) is 33.6 Å². The monoisotopic (exact) mass is 574 g/mol. The Morgan fingerprint density at radius 3 is 2.66 bits per heavy atom. The molecule has 11 heteroatoms. The first-order valence-electron chi connectivity index (χ1n) is 12.9. The van der Waals surface area contributed by atoms with Gasteiger partial charge in [-0.2, -0.15) is 0 Å². The first-order valence-corrected chi connectivity index (χ1v) is 13.3. The van der Waals surface area contributed by atoms with Crippen LogP contribution in [0.25, 0.3) is 0 Å². The molecule has 1 aliphatic heterocycles. The summed E-state index contributed by atoms with van der Waals surface area (Å²) in [5.74, 6) is 0.126. The maximum Gasteiger partial charge on any atom is 0.251 e. The third-order valence-electron chi connectivity index (χ3n) is 6.40. The number of nitrogens with one attached hydrogen (secondary N) is 3. The van der Waals surface area contributed by atoms with Crippen molar-refractivity contribution in [3.8, 4) is 5.75 Å². The Morgan fingerprint density at radius 1 is 1.07 bits per heavy atom. The topological polar surface area (TPSA) is 123 Å². The molecule has 0 aliphatic carbocycles. The Bertz CT molecular complexity index is 1600. The van der Waals surface area contributed by atoms with Crippen LogP contribution in [0.4, 0.5) is 15.8 Å². The maximum atomic E-state index is 13.4. The molecule has 5 N–H and O–H groups in total. The summed E-state index contributed by atoms with van der Waals surface area (Å²) in [6.07, 6.45) is 2.07. The highest BCUT2D eigenvalue weighted by molar-refractivity contribution is 6.32. The molecule has 0 radical (unpaired) electrons. The third kappa shape index (κ3) is 7.03. The highest BCUT2D eigenvalue weighted by Crippen LogP contribution is 2.30. The standard InChI is InChI=1S/C30H28ClFN6O3/c31-24-15-23(8-9-26(24)41-17-20-2-1-3-22(32)14-20)37-29-28-25(35-18-36-29)11-13-38(28)16-19-4-6-21(7-5-19)30(40)34-12-10-27(33)39/h1-9,11,13-15,35H,10,12,16-18H2,(H2,33,39)(H,34,40)(H,36,37). The lowest BCUT2D eigenvalue weighted by Gasteiger charge is -2.20. The number of amides is 2. The molecule has 2 amide bonds. The van der Waals surface area contributed by atoms with Crippen molar-refractivity contribution in [2.24, 2.45) is 10.7 Å². The molecule has 2 heterocycles. The number of carbonyl (C=O) groups excluding carboxylic acids is 2. The maximum absolute atomic E-state index is 13.4. The summed E-state index contributed by atoms with van der Waals surface area (Å²) in [6, 6.07) is 20.8. The van der Waals surface area contributed by atoms with E-state index in [4.69, 9.17) is 22.1 Å². The number of hydrogen-bond acceptors (Lipinski definition) is 6. The number of amidine groups is 1. The molecule has 1 aliphatic rings. The number of nitrogens with zero attached hydrogens (tertiary/aromatic N) is 2. The van der Waals surface area contributed by atoms with Crippen LogP contribution in [0.15, 0.2) is 84.0 Å². The first kappa shape index (κ1) is 27.7. The number of primary amides is 1. The molecule has 4 aromatic rings. The van der Waals surface area contributed by atoms with E-state index in [1.807, 2.05) is 30.5 Å². The Labute approximate surface area is 241 Å². The molecule has 1 aromatic heterocycles. The van der Waals surface area contributed by atoms with Crippen LogP contribution < -0.4 is 26.4 Å². The fourth-order valence-electron chi connectivity index (χ4n) is 4.37. The molecule has 0 saturated heterocycles. The average Bonchev–Trinajstić information content (AvgIpc) is 3.36. The smallest absolute Gasteiger partial charge is 0.251 e. The molecule has 9 nitrogen and oxygen atoms in total. The second-order valence-electron chi connectivity index (χ2n) is 9.41. The Morgan fingerprint density at radius 2 is 1.90 bits per heavy atom. The second-order valence-corrected chi connectivity index (χ2v) is 9.81. The van der Waals surface area contributed by atoms with Crippen molar-refractivity contribution in [1.29, 1.82) is 0 Å². The van der Waals surface area contributed by atoms with E-state index in [2.05, 4.69) is 25.5 Å². The summed E-state index contributed by atoms with van der Waals surface area (Å²) in [6.45, 7) is 1.36. The lowest BCUT2D eigenvalue weighted by Crippen LogP contribution is -2.27. The molecule has 0 saturated carbocycles. The lowest BCUT2D eigenvalue weighted by atomic mass is 10.1. The summed E-state index contributed by atoms with van der Waals surface area (Å²) in [5.41, 5.74) is 9.87. The van der Waals surface area contributed by atoms with Crippen LogP contribution in [-0.2, 0) is 17.9 Å². The SMILES string of the molecule is NC(=O)CCNC(=O)c1ccc(Cn2ccc3c2C(Nc2ccc(OCc4cccc(F)c4)c(Cl)c2)=NCN3)cc1. The van der Waals surface area contributed by atoms with Crippen LogP contribution >= 0.6 is 11.6 Å². The van der Waals surface area contributed by atoms with Crippen LogP contribution in [0, 0.1) is 5.82 Å². The van der Waals surface area contributed by atoms with Crippen LogP contribution in [0.3, 0.4) is 0 Å². The Hall–Kier alpha value is -4.83. The predicted octanol–water partition coefficient (Wildman–Crippen LogP) is 4.75. The summed E-state index contributed by atoms with van der Waals surface area (Å²) < 4.78 is 21.3. The van der Waals surface area contributed by atoms with E-state index >= 15 is 0 Å². The van der Waals surface area contributed by atoms with Gasteiger partial charge in [-0.3, -0.25) is 9.59 Å². The molecule has 0 fully saturated rings. The van der Waals surface area contributed by atoms with Gasteiger partial charge in [-0.25, -0.2) is 9.38 Å². The number of anilines is 2. The van der Waals surface area contributed by atoms with E-state index in [9.17, 15) is 14.0 Å². The molecule has 0 unspecified atom stereocenters. The van der Waals surface area contributed by atoms with Gasteiger partial charge in [0.1, 0.15) is 30.5 Å². The van der Waals surface area contributed by atoms with E-state index in [-0.39, 0.29) is 31.3 Å². The number of aromatic nitrogens is 1. The van der Waals surface area contributed by atoms with Gasteiger partial charge >= 0.3 is 0 Å². The van der Waals surface area contributed by atoms with Gasteiger partial charge in [-0.15, -0.1) is 0 Å². The van der Waals surface area contributed by atoms with E-state index in [0.29, 0.717) is 40.9 Å². The number of hydrogen-bond donors (Lipinski definition) is 4. The summed E-state index contributed by atoms with van der Waals surface area (Å²) in [7, 11) is 0. The van der Waals surface area contributed by atoms with Crippen molar-refractivity contribution in [1.82, 2.24) is 9.88 Å². The van der Waals surface area contributed by atoms with Gasteiger partial charge in [0.2, 0.25) is 5.91 Å². The molecule has 41 heavy (non-hydrogen) atoms. The largest absolute Gasteiger partial charge is 0.487 e. The number of benzene rings is 3. The lowest BCUT2D eigenvalue weighted by molar-refractivity contribution is -0.117. The van der Waals surface area contributed by atoms with Crippen molar-refractivity contribution in [3.05, 3.63) is 112 Å². The Kier molecular flexibility index (Phi) is 8.50. The number of ether oxygens (including phenoxy) is 1.